The number of hydrogen-bond acceptors (Lipinski definition) is 3. The molecular formula is C19H27FN2O2. The second-order valence-electron chi connectivity index (χ2n) is 7.53. The van der Waals surface area contributed by atoms with Crippen molar-refractivity contribution in [1.82, 2.24) is 9.80 Å². The lowest BCUT2D eigenvalue weighted by atomic mass is 9.81. The summed E-state index contributed by atoms with van der Waals surface area (Å²) in [6.07, 6.45) is 3.67. The molecule has 1 aromatic carbocycles. The largest absolute Gasteiger partial charge is 0.371 e. The van der Waals surface area contributed by atoms with Gasteiger partial charge in [0.25, 0.3) is 0 Å². The number of fused-ring (bicyclic) bond motifs is 1. The number of hydrogen-bond donors (Lipinski definition) is 0. The highest BCUT2D eigenvalue weighted by molar-refractivity contribution is 5.76. The van der Waals surface area contributed by atoms with Gasteiger partial charge in [-0.1, -0.05) is 18.6 Å². The van der Waals surface area contributed by atoms with Crippen LogP contribution in [0.4, 0.5) is 4.39 Å². The van der Waals surface area contributed by atoms with E-state index in [1.54, 1.807) is 19.0 Å². The van der Waals surface area contributed by atoms with Crippen LogP contribution in [-0.4, -0.2) is 56.1 Å². The number of likely N-dealkylation sites (tertiary alicyclic amines) is 1. The van der Waals surface area contributed by atoms with Crippen molar-refractivity contribution in [2.75, 3.05) is 40.4 Å². The molecule has 1 aliphatic heterocycles. The second kappa shape index (κ2) is 7.19. The molecule has 3 rings (SSSR count). The fourth-order valence-electron chi connectivity index (χ4n) is 4.20. The Morgan fingerprint density at radius 2 is 2.12 bits per heavy atom. The molecule has 132 valence electrons. The van der Waals surface area contributed by atoms with Crippen molar-refractivity contribution in [2.45, 2.75) is 25.8 Å². The summed E-state index contributed by atoms with van der Waals surface area (Å²) in [5.74, 6) is 0.474. The van der Waals surface area contributed by atoms with E-state index in [0.717, 1.165) is 25.2 Å². The minimum atomic E-state index is -0.188. The zero-order valence-electron chi connectivity index (χ0n) is 14.6. The van der Waals surface area contributed by atoms with Crippen LogP contribution in [0.25, 0.3) is 0 Å². The van der Waals surface area contributed by atoms with E-state index in [9.17, 15) is 9.18 Å². The van der Waals surface area contributed by atoms with Crippen LogP contribution in [-0.2, 0) is 16.1 Å². The minimum absolute atomic E-state index is 0.0158. The maximum absolute atomic E-state index is 13.0. The fourth-order valence-corrected chi connectivity index (χ4v) is 4.20. The van der Waals surface area contributed by atoms with E-state index in [2.05, 4.69) is 4.90 Å². The Balaban J connectivity index is 1.57. The maximum atomic E-state index is 13.0. The van der Waals surface area contributed by atoms with Gasteiger partial charge in [0.05, 0.1) is 6.61 Å². The van der Waals surface area contributed by atoms with Crippen LogP contribution in [0.3, 0.4) is 0 Å². The lowest BCUT2D eigenvalue weighted by Crippen LogP contribution is -2.34. The first kappa shape index (κ1) is 17.4. The number of nitrogens with zero attached hydrogens (tertiary/aromatic N) is 2. The SMILES string of the molecule is CN(C)C(=O)COC[C@@]12CCC[C@@H]1CN(Cc1ccc(F)cc1)C2. The van der Waals surface area contributed by atoms with Crippen molar-refractivity contribution >= 4 is 5.91 Å². The number of carbonyl (C=O) groups excluding carboxylic acids is 1. The van der Waals surface area contributed by atoms with Crippen LogP contribution in [0.1, 0.15) is 24.8 Å². The summed E-state index contributed by atoms with van der Waals surface area (Å²) in [7, 11) is 3.50. The summed E-state index contributed by atoms with van der Waals surface area (Å²) >= 11 is 0. The smallest absolute Gasteiger partial charge is 0.248 e. The monoisotopic (exact) mass is 334 g/mol. The molecule has 5 heteroatoms. The van der Waals surface area contributed by atoms with Crippen LogP contribution in [0.15, 0.2) is 24.3 Å². The van der Waals surface area contributed by atoms with Crippen molar-refractivity contribution in [2.24, 2.45) is 11.3 Å². The van der Waals surface area contributed by atoms with Crippen LogP contribution in [0, 0.1) is 17.2 Å². The van der Waals surface area contributed by atoms with Crippen LogP contribution >= 0.6 is 0 Å². The normalized spacial score (nSPS) is 26.5. The Morgan fingerprint density at radius 1 is 1.38 bits per heavy atom. The molecule has 4 nitrogen and oxygen atoms in total. The average molecular weight is 334 g/mol. The number of rotatable bonds is 6. The first-order valence-electron chi connectivity index (χ1n) is 8.73. The van der Waals surface area contributed by atoms with Gasteiger partial charge in [0, 0.05) is 39.1 Å². The predicted molar refractivity (Wildman–Crippen MR) is 91.0 cm³/mol. The third-order valence-electron chi connectivity index (χ3n) is 5.54. The third-order valence-corrected chi connectivity index (χ3v) is 5.54. The summed E-state index contributed by atoms with van der Waals surface area (Å²) in [4.78, 5) is 15.7. The van der Waals surface area contributed by atoms with Gasteiger partial charge in [-0.25, -0.2) is 4.39 Å². The van der Waals surface area contributed by atoms with E-state index in [-0.39, 0.29) is 23.7 Å². The average Bonchev–Trinajstić information content (AvgIpc) is 3.06. The maximum Gasteiger partial charge on any atom is 0.248 e. The van der Waals surface area contributed by atoms with Gasteiger partial charge in [-0.3, -0.25) is 9.69 Å². The van der Waals surface area contributed by atoms with Crippen LogP contribution in [0.2, 0.25) is 0 Å². The molecule has 0 unspecified atom stereocenters. The van der Waals surface area contributed by atoms with Gasteiger partial charge in [0.1, 0.15) is 12.4 Å². The summed E-state index contributed by atoms with van der Waals surface area (Å²) in [6, 6.07) is 6.78. The molecule has 1 heterocycles. The third kappa shape index (κ3) is 3.78. The van der Waals surface area contributed by atoms with Crippen molar-refractivity contribution < 1.29 is 13.9 Å². The van der Waals surface area contributed by atoms with Gasteiger partial charge in [-0.15, -0.1) is 0 Å². The Hall–Kier alpha value is -1.46. The topological polar surface area (TPSA) is 32.8 Å². The standard InChI is InChI=1S/C19H27FN2O2/c1-21(2)18(23)12-24-14-19-9-3-4-16(19)11-22(13-19)10-15-5-7-17(20)8-6-15/h5-8,16H,3-4,9-14H2,1-2H3/t16-,19+/m1/s1. The summed E-state index contributed by atoms with van der Waals surface area (Å²) in [5, 5.41) is 0. The molecule has 24 heavy (non-hydrogen) atoms. The molecule has 1 aromatic rings. The lowest BCUT2D eigenvalue weighted by Gasteiger charge is -2.29. The van der Waals surface area contributed by atoms with Crippen molar-refractivity contribution in [3.05, 3.63) is 35.6 Å². The van der Waals surface area contributed by atoms with Crippen molar-refractivity contribution in [3.63, 3.8) is 0 Å². The van der Waals surface area contributed by atoms with Gasteiger partial charge < -0.3 is 9.64 Å². The number of amides is 1. The molecule has 0 radical (unpaired) electrons. The molecular weight excluding hydrogens is 307 g/mol. The van der Waals surface area contributed by atoms with E-state index in [1.165, 1.54) is 31.4 Å². The quantitative estimate of drug-likeness (QED) is 0.801. The van der Waals surface area contributed by atoms with E-state index in [0.29, 0.717) is 12.5 Å². The Bertz CT molecular complexity index is 575. The Kier molecular flexibility index (Phi) is 5.21. The first-order valence-corrected chi connectivity index (χ1v) is 8.73. The Labute approximate surface area is 143 Å². The van der Waals surface area contributed by atoms with E-state index >= 15 is 0 Å². The van der Waals surface area contributed by atoms with Crippen LogP contribution in [0.5, 0.6) is 0 Å². The van der Waals surface area contributed by atoms with Crippen LogP contribution < -0.4 is 0 Å². The predicted octanol–water partition coefficient (Wildman–Crippen LogP) is 2.53. The number of benzene rings is 1. The van der Waals surface area contributed by atoms with E-state index in [1.807, 2.05) is 12.1 Å². The molecule has 0 aromatic heterocycles. The first-order chi connectivity index (χ1) is 11.5. The molecule has 0 spiro atoms. The van der Waals surface area contributed by atoms with Crippen molar-refractivity contribution in [3.8, 4) is 0 Å². The zero-order valence-corrected chi connectivity index (χ0v) is 14.6. The zero-order chi connectivity index (χ0) is 17.2. The van der Waals surface area contributed by atoms with E-state index in [4.69, 9.17) is 4.74 Å². The highest BCUT2D eigenvalue weighted by atomic mass is 19.1. The molecule has 0 N–H and O–H groups in total. The van der Waals surface area contributed by atoms with Gasteiger partial charge in [0.2, 0.25) is 5.91 Å². The molecule has 1 amide bonds. The molecule has 0 bridgehead atoms. The molecule has 2 atom stereocenters. The molecule has 1 saturated heterocycles. The summed E-state index contributed by atoms with van der Waals surface area (Å²) in [5.41, 5.74) is 1.34. The van der Waals surface area contributed by atoms with Gasteiger partial charge in [-0.2, -0.15) is 0 Å². The van der Waals surface area contributed by atoms with Gasteiger partial charge >= 0.3 is 0 Å². The molecule has 1 aliphatic carbocycles. The highest BCUT2D eigenvalue weighted by Crippen LogP contribution is 2.49. The minimum Gasteiger partial charge on any atom is -0.371 e. The lowest BCUT2D eigenvalue weighted by molar-refractivity contribution is -0.135. The summed E-state index contributed by atoms with van der Waals surface area (Å²) in [6.45, 7) is 3.76. The van der Waals surface area contributed by atoms with Crippen molar-refractivity contribution in [1.29, 1.82) is 0 Å². The van der Waals surface area contributed by atoms with Gasteiger partial charge in [0.15, 0.2) is 0 Å². The fraction of sp³-hybridized carbons (Fsp3) is 0.632. The van der Waals surface area contributed by atoms with Gasteiger partial charge in [-0.05, 0) is 36.5 Å². The Morgan fingerprint density at radius 3 is 2.83 bits per heavy atom. The molecule has 2 fully saturated rings. The number of ether oxygens (including phenoxy) is 1. The molecule has 2 aliphatic rings. The summed E-state index contributed by atoms with van der Waals surface area (Å²) < 4.78 is 18.8. The number of likely N-dealkylation sites (N-methyl/N-ethyl adjacent to an activating group) is 1. The van der Waals surface area contributed by atoms with E-state index < -0.39 is 0 Å². The molecule has 1 saturated carbocycles. The second-order valence-corrected chi connectivity index (χ2v) is 7.53. The number of halogens is 1. The number of carbonyl (C=O) groups is 1. The highest BCUT2D eigenvalue weighted by Gasteiger charge is 2.49.